The molecule has 128 valence electrons. The number of hydrogen-bond acceptors (Lipinski definition) is 2. The van der Waals surface area contributed by atoms with E-state index in [1.165, 1.54) is 0 Å². The summed E-state index contributed by atoms with van der Waals surface area (Å²) in [4.78, 5) is 28.2. The first kappa shape index (κ1) is 17.2. The largest absolute Gasteiger partial charge is 0.322 e. The van der Waals surface area contributed by atoms with E-state index in [1.54, 1.807) is 29.2 Å². The summed E-state index contributed by atoms with van der Waals surface area (Å²) < 4.78 is 0. The van der Waals surface area contributed by atoms with E-state index >= 15 is 0 Å². The summed E-state index contributed by atoms with van der Waals surface area (Å²) in [6, 6.07) is 15.0. The maximum Gasteiger partial charge on any atom is 0.255 e. The van der Waals surface area contributed by atoms with E-state index in [-0.39, 0.29) is 11.7 Å². The zero-order valence-corrected chi connectivity index (χ0v) is 15.0. The zero-order chi connectivity index (χ0) is 18.2. The second-order valence-corrected chi connectivity index (χ2v) is 6.75. The zero-order valence-electron chi connectivity index (χ0n) is 15.0. The number of carbonyl (C=O) groups excluding carboxylic acids is 2. The molecule has 1 heterocycles. The van der Waals surface area contributed by atoms with Crippen LogP contribution in [0.15, 0.2) is 55.1 Å². The maximum atomic E-state index is 13.4. The lowest BCUT2D eigenvalue weighted by atomic mass is 9.75. The second-order valence-electron chi connectivity index (χ2n) is 6.75. The minimum absolute atomic E-state index is 0.0678. The summed E-state index contributed by atoms with van der Waals surface area (Å²) in [5, 5.41) is 0. The van der Waals surface area contributed by atoms with Crippen molar-refractivity contribution in [3.8, 4) is 0 Å². The number of amides is 1. The van der Waals surface area contributed by atoms with E-state index in [1.807, 2.05) is 45.0 Å². The molecule has 0 spiro atoms. The highest BCUT2D eigenvalue weighted by Gasteiger charge is 2.49. The number of Topliss-reactive ketones (excluding diaryl/α,β-unsaturated/α-hetero) is 1. The minimum Gasteiger partial charge on any atom is -0.322 e. The first-order valence-electron chi connectivity index (χ1n) is 8.63. The molecule has 0 N–H and O–H groups in total. The van der Waals surface area contributed by atoms with Crippen LogP contribution in [0, 0.1) is 6.92 Å². The molecular formula is C22H23NO2. The van der Waals surface area contributed by atoms with Crippen LogP contribution < -0.4 is 0 Å². The van der Waals surface area contributed by atoms with Crippen LogP contribution >= 0.6 is 0 Å². The number of fused-ring (bicyclic) bond motifs is 1. The van der Waals surface area contributed by atoms with Gasteiger partial charge in [-0.3, -0.25) is 9.59 Å². The van der Waals surface area contributed by atoms with E-state index in [9.17, 15) is 9.59 Å². The number of ketones is 1. The Morgan fingerprint density at radius 3 is 2.24 bits per heavy atom. The fourth-order valence-electron chi connectivity index (χ4n) is 3.49. The van der Waals surface area contributed by atoms with Crippen LogP contribution in [-0.4, -0.2) is 28.7 Å². The number of rotatable bonds is 4. The standard InChI is InChI=1S/C22H23NO2/c1-5-14-23-21(25)19-9-7-6-8-18(19)20(24)22(23,4)16(3)17-12-10-15(2)11-13-17/h6-13H,3,5,14H2,1-2,4H3. The van der Waals surface area contributed by atoms with Crippen molar-refractivity contribution < 1.29 is 9.59 Å². The molecule has 0 bridgehead atoms. The van der Waals surface area contributed by atoms with Gasteiger partial charge in [0.05, 0.1) is 5.56 Å². The number of nitrogens with zero attached hydrogens (tertiary/aromatic N) is 1. The van der Waals surface area contributed by atoms with Gasteiger partial charge >= 0.3 is 0 Å². The Labute approximate surface area is 149 Å². The van der Waals surface area contributed by atoms with Crippen molar-refractivity contribution in [1.29, 1.82) is 0 Å². The van der Waals surface area contributed by atoms with E-state index in [2.05, 4.69) is 6.58 Å². The van der Waals surface area contributed by atoms with Gasteiger partial charge in [0.25, 0.3) is 5.91 Å². The third-order valence-electron chi connectivity index (χ3n) is 5.06. The summed E-state index contributed by atoms with van der Waals surface area (Å²) in [5.74, 6) is -0.172. The third kappa shape index (κ3) is 2.60. The Hall–Kier alpha value is -2.68. The highest BCUT2D eigenvalue weighted by Crippen LogP contribution is 2.39. The normalized spacial score (nSPS) is 19.7. The molecular weight excluding hydrogens is 310 g/mol. The molecule has 2 aromatic rings. The summed E-state index contributed by atoms with van der Waals surface area (Å²) in [7, 11) is 0. The van der Waals surface area contributed by atoms with Crippen molar-refractivity contribution in [3.05, 3.63) is 77.4 Å². The molecule has 3 rings (SSSR count). The Morgan fingerprint density at radius 2 is 1.64 bits per heavy atom. The summed E-state index contributed by atoms with van der Waals surface area (Å²) in [6.45, 7) is 10.6. The summed E-state index contributed by atoms with van der Waals surface area (Å²) in [5.41, 5.74) is 2.58. The van der Waals surface area contributed by atoms with E-state index in [0.717, 1.165) is 17.5 Å². The molecule has 0 aromatic heterocycles. The average Bonchev–Trinajstić information content (AvgIpc) is 2.63. The van der Waals surface area contributed by atoms with E-state index in [0.29, 0.717) is 23.2 Å². The van der Waals surface area contributed by atoms with Crippen LogP contribution in [0.4, 0.5) is 0 Å². The second kappa shape index (κ2) is 6.32. The van der Waals surface area contributed by atoms with Gasteiger partial charge in [-0.05, 0) is 37.5 Å². The Balaban J connectivity index is 2.16. The van der Waals surface area contributed by atoms with Gasteiger partial charge in [0, 0.05) is 12.1 Å². The fraction of sp³-hybridized carbons (Fsp3) is 0.273. The Morgan fingerprint density at radius 1 is 1.04 bits per heavy atom. The number of hydrogen-bond donors (Lipinski definition) is 0. The van der Waals surface area contributed by atoms with Crippen molar-refractivity contribution in [2.45, 2.75) is 32.7 Å². The van der Waals surface area contributed by atoms with Crippen molar-refractivity contribution in [2.75, 3.05) is 6.54 Å². The molecule has 1 aliphatic rings. The topological polar surface area (TPSA) is 37.4 Å². The van der Waals surface area contributed by atoms with Gasteiger partial charge in [-0.25, -0.2) is 0 Å². The van der Waals surface area contributed by atoms with Crippen LogP contribution in [-0.2, 0) is 0 Å². The molecule has 1 atom stereocenters. The quantitative estimate of drug-likeness (QED) is 0.825. The molecule has 0 fully saturated rings. The first-order chi connectivity index (χ1) is 11.9. The van der Waals surface area contributed by atoms with Gasteiger partial charge in [-0.1, -0.05) is 61.5 Å². The molecule has 1 amide bonds. The molecule has 3 heteroatoms. The van der Waals surface area contributed by atoms with Gasteiger partial charge in [0.15, 0.2) is 5.78 Å². The Kier molecular flexibility index (Phi) is 4.34. The number of carbonyl (C=O) groups is 2. The van der Waals surface area contributed by atoms with E-state index < -0.39 is 5.54 Å². The van der Waals surface area contributed by atoms with Crippen molar-refractivity contribution >= 4 is 17.3 Å². The molecule has 0 saturated carbocycles. The van der Waals surface area contributed by atoms with Gasteiger partial charge in [-0.15, -0.1) is 0 Å². The van der Waals surface area contributed by atoms with Gasteiger partial charge < -0.3 is 4.90 Å². The fourth-order valence-corrected chi connectivity index (χ4v) is 3.49. The molecule has 2 aromatic carbocycles. The lowest BCUT2D eigenvalue weighted by Gasteiger charge is -2.45. The van der Waals surface area contributed by atoms with Crippen molar-refractivity contribution in [2.24, 2.45) is 0 Å². The van der Waals surface area contributed by atoms with Crippen molar-refractivity contribution in [1.82, 2.24) is 4.90 Å². The molecule has 0 saturated heterocycles. The molecule has 1 unspecified atom stereocenters. The predicted octanol–water partition coefficient (Wildman–Crippen LogP) is 4.52. The van der Waals surface area contributed by atoms with Gasteiger partial charge in [0.2, 0.25) is 0 Å². The highest BCUT2D eigenvalue weighted by atomic mass is 16.2. The van der Waals surface area contributed by atoms with Crippen LogP contribution in [0.5, 0.6) is 0 Å². The number of benzene rings is 2. The molecule has 3 nitrogen and oxygen atoms in total. The molecule has 25 heavy (non-hydrogen) atoms. The summed E-state index contributed by atoms with van der Waals surface area (Å²) >= 11 is 0. The minimum atomic E-state index is -1.07. The SMILES string of the molecule is C=C(c1ccc(C)cc1)C1(C)C(=O)c2ccccc2C(=O)N1CCC. The van der Waals surface area contributed by atoms with Gasteiger partial charge in [-0.2, -0.15) is 0 Å². The average molecular weight is 333 g/mol. The monoisotopic (exact) mass is 333 g/mol. The Bertz CT molecular complexity index is 851. The van der Waals surface area contributed by atoms with Crippen LogP contribution in [0.3, 0.4) is 0 Å². The van der Waals surface area contributed by atoms with Crippen LogP contribution in [0.25, 0.3) is 5.57 Å². The lowest BCUT2D eigenvalue weighted by molar-refractivity contribution is 0.0506. The van der Waals surface area contributed by atoms with Crippen LogP contribution in [0.2, 0.25) is 0 Å². The molecule has 1 aliphatic heterocycles. The number of aryl methyl sites for hydroxylation is 1. The highest BCUT2D eigenvalue weighted by molar-refractivity contribution is 6.21. The molecule has 0 aliphatic carbocycles. The first-order valence-corrected chi connectivity index (χ1v) is 8.63. The maximum absolute atomic E-state index is 13.4. The van der Waals surface area contributed by atoms with Crippen molar-refractivity contribution in [3.63, 3.8) is 0 Å². The van der Waals surface area contributed by atoms with Gasteiger partial charge in [0.1, 0.15) is 5.54 Å². The van der Waals surface area contributed by atoms with E-state index in [4.69, 9.17) is 0 Å². The smallest absolute Gasteiger partial charge is 0.255 e. The third-order valence-corrected chi connectivity index (χ3v) is 5.06. The van der Waals surface area contributed by atoms with Crippen LogP contribution in [0.1, 0.15) is 52.1 Å². The molecule has 0 radical (unpaired) electrons. The lowest BCUT2D eigenvalue weighted by Crippen LogP contribution is -2.59. The predicted molar refractivity (Wildman–Crippen MR) is 101 cm³/mol. The summed E-state index contributed by atoms with van der Waals surface area (Å²) in [6.07, 6.45) is 0.776.